The van der Waals surface area contributed by atoms with Crippen LogP contribution in [0.4, 0.5) is 11.4 Å². The van der Waals surface area contributed by atoms with Gasteiger partial charge < -0.3 is 19.5 Å². The topological polar surface area (TPSA) is 115 Å². The Morgan fingerprint density at radius 3 is 2.05 bits per heavy atom. The van der Waals surface area contributed by atoms with Crippen LogP contribution < -0.4 is 29.6 Å². The first kappa shape index (κ1) is 28.4. The number of sulfonamides is 1. The van der Waals surface area contributed by atoms with Crippen LogP contribution in [0, 0.1) is 0 Å². The van der Waals surface area contributed by atoms with Gasteiger partial charge in [0.15, 0.2) is 5.11 Å². The van der Waals surface area contributed by atoms with Gasteiger partial charge >= 0.3 is 0 Å². The maximum absolute atomic E-state index is 12.7. The van der Waals surface area contributed by atoms with Crippen LogP contribution in [0.3, 0.4) is 0 Å². The molecule has 4 aromatic carbocycles. The summed E-state index contributed by atoms with van der Waals surface area (Å²) in [5, 5.41) is 5.54. The molecule has 3 N–H and O–H groups in total. The quantitative estimate of drug-likeness (QED) is 0.167. The number of thiocarbonyl (C=S) groups is 1. The van der Waals surface area contributed by atoms with E-state index in [9.17, 15) is 13.2 Å². The molecule has 0 fully saturated rings. The Bertz CT molecular complexity index is 1550. The van der Waals surface area contributed by atoms with E-state index in [1.165, 1.54) is 19.2 Å². The van der Waals surface area contributed by atoms with E-state index in [0.29, 0.717) is 41.7 Å². The van der Waals surface area contributed by atoms with Crippen molar-refractivity contribution >= 4 is 44.6 Å². The highest BCUT2D eigenvalue weighted by Gasteiger charge is 2.15. The molecule has 0 aliphatic heterocycles. The molecule has 1 amide bonds. The third kappa shape index (κ3) is 8.19. The average Bonchev–Trinajstić information content (AvgIpc) is 2.96. The third-order valence-corrected chi connectivity index (χ3v) is 7.05. The fourth-order valence-electron chi connectivity index (χ4n) is 3.49. The number of hydrogen-bond acceptors (Lipinski definition) is 7. The number of para-hydroxylation sites is 1. The minimum absolute atomic E-state index is 0.0551. The zero-order valence-corrected chi connectivity index (χ0v) is 23.1. The maximum Gasteiger partial charge on any atom is 0.261 e. The molecule has 0 spiro atoms. The SMILES string of the molecule is COc1ccc(NS(=O)(=O)c2ccc(NC(=S)NC(=O)c3cccc(OCCOc4ccccc4)c3)cc2)cc1. The van der Waals surface area contributed by atoms with Crippen molar-refractivity contribution in [2.24, 2.45) is 0 Å². The molecular weight excluding hydrogens is 550 g/mol. The van der Waals surface area contributed by atoms with Crippen molar-refractivity contribution in [3.63, 3.8) is 0 Å². The van der Waals surface area contributed by atoms with Crippen LogP contribution >= 0.6 is 12.2 Å². The zero-order chi connectivity index (χ0) is 28.4. The predicted octanol–water partition coefficient (Wildman–Crippen LogP) is 5.08. The highest BCUT2D eigenvalue weighted by Crippen LogP contribution is 2.21. The van der Waals surface area contributed by atoms with Crippen LogP contribution in [0.1, 0.15) is 10.4 Å². The van der Waals surface area contributed by atoms with Gasteiger partial charge in [0.2, 0.25) is 0 Å². The Hall–Kier alpha value is -4.61. The summed E-state index contributed by atoms with van der Waals surface area (Å²) in [6.45, 7) is 0.660. The van der Waals surface area contributed by atoms with Crippen LogP contribution in [0.5, 0.6) is 17.2 Å². The highest BCUT2D eigenvalue weighted by molar-refractivity contribution is 7.92. The Kier molecular flexibility index (Phi) is 9.55. The van der Waals surface area contributed by atoms with Crippen molar-refractivity contribution in [3.8, 4) is 17.2 Å². The molecule has 11 heteroatoms. The second kappa shape index (κ2) is 13.5. The van der Waals surface area contributed by atoms with Crippen molar-refractivity contribution in [2.45, 2.75) is 4.90 Å². The first-order chi connectivity index (χ1) is 19.3. The third-order valence-electron chi connectivity index (χ3n) is 5.45. The molecule has 0 aliphatic carbocycles. The van der Waals surface area contributed by atoms with Gasteiger partial charge in [-0.15, -0.1) is 0 Å². The molecule has 0 bridgehead atoms. The molecule has 4 aromatic rings. The largest absolute Gasteiger partial charge is 0.497 e. The highest BCUT2D eigenvalue weighted by atomic mass is 32.2. The normalized spacial score (nSPS) is 10.7. The van der Waals surface area contributed by atoms with Gasteiger partial charge in [-0.3, -0.25) is 14.8 Å². The minimum Gasteiger partial charge on any atom is -0.497 e. The Balaban J connectivity index is 1.27. The summed E-state index contributed by atoms with van der Waals surface area (Å²) < 4.78 is 44.3. The maximum atomic E-state index is 12.7. The van der Waals surface area contributed by atoms with Gasteiger partial charge in [0.05, 0.1) is 12.0 Å². The first-order valence-corrected chi connectivity index (χ1v) is 14.0. The molecule has 0 aliphatic rings. The standard InChI is InChI=1S/C29H27N3O6S2/c1-36-24-14-10-23(11-15-24)32-40(34,35)27-16-12-22(13-17-27)30-29(39)31-28(33)21-6-5-9-26(20-21)38-19-18-37-25-7-3-2-4-8-25/h2-17,20,32H,18-19H2,1H3,(H2,30,31,33,39). The molecule has 0 heterocycles. The van der Waals surface area contributed by atoms with Gasteiger partial charge in [-0.25, -0.2) is 8.42 Å². The lowest BCUT2D eigenvalue weighted by Gasteiger charge is -2.12. The number of carbonyl (C=O) groups excluding carboxylic acids is 1. The van der Waals surface area contributed by atoms with Crippen LogP contribution in [0.25, 0.3) is 0 Å². The first-order valence-electron chi connectivity index (χ1n) is 12.1. The summed E-state index contributed by atoms with van der Waals surface area (Å²) in [6.07, 6.45) is 0. The summed E-state index contributed by atoms with van der Waals surface area (Å²) in [7, 11) is -2.27. The van der Waals surface area contributed by atoms with Crippen LogP contribution in [-0.4, -0.2) is 39.8 Å². The number of amides is 1. The summed E-state index contributed by atoms with van der Waals surface area (Å²) in [4.78, 5) is 12.8. The molecule has 9 nitrogen and oxygen atoms in total. The van der Waals surface area contributed by atoms with Gasteiger partial charge in [-0.05, 0) is 91.1 Å². The molecule has 0 unspecified atom stereocenters. The molecule has 4 rings (SSSR count). The van der Waals surface area contributed by atoms with E-state index >= 15 is 0 Å². The van der Waals surface area contributed by atoms with Crippen molar-refractivity contribution in [1.29, 1.82) is 0 Å². The molecule has 206 valence electrons. The van der Waals surface area contributed by atoms with Gasteiger partial charge in [-0.1, -0.05) is 24.3 Å². The van der Waals surface area contributed by atoms with Gasteiger partial charge in [-0.2, -0.15) is 0 Å². The zero-order valence-electron chi connectivity index (χ0n) is 21.5. The molecule has 40 heavy (non-hydrogen) atoms. The predicted molar refractivity (Wildman–Crippen MR) is 158 cm³/mol. The fourth-order valence-corrected chi connectivity index (χ4v) is 4.76. The minimum atomic E-state index is -3.80. The Labute approximate surface area is 238 Å². The number of benzene rings is 4. The summed E-state index contributed by atoms with van der Waals surface area (Å²) in [5.74, 6) is 1.46. The van der Waals surface area contributed by atoms with Crippen molar-refractivity contribution in [2.75, 3.05) is 30.4 Å². The van der Waals surface area contributed by atoms with Crippen molar-refractivity contribution in [1.82, 2.24) is 5.32 Å². The second-order valence-electron chi connectivity index (χ2n) is 8.30. The van der Waals surface area contributed by atoms with E-state index in [1.807, 2.05) is 30.3 Å². The molecule has 0 saturated carbocycles. The van der Waals surface area contributed by atoms with E-state index in [0.717, 1.165) is 5.75 Å². The number of methoxy groups -OCH3 is 1. The monoisotopic (exact) mass is 577 g/mol. The average molecular weight is 578 g/mol. The molecular formula is C29H27N3O6S2. The van der Waals surface area contributed by atoms with E-state index in [-0.39, 0.29) is 10.0 Å². The number of hydrogen-bond donors (Lipinski definition) is 3. The lowest BCUT2D eigenvalue weighted by Crippen LogP contribution is -2.34. The second-order valence-corrected chi connectivity index (χ2v) is 10.4. The van der Waals surface area contributed by atoms with Crippen LogP contribution in [0.2, 0.25) is 0 Å². The van der Waals surface area contributed by atoms with E-state index < -0.39 is 15.9 Å². The molecule has 0 radical (unpaired) electrons. The number of ether oxygens (including phenoxy) is 3. The summed E-state index contributed by atoms with van der Waals surface area (Å²) in [6, 6.07) is 28.6. The van der Waals surface area contributed by atoms with Crippen molar-refractivity contribution < 1.29 is 27.4 Å². The lowest BCUT2D eigenvalue weighted by atomic mass is 10.2. The van der Waals surface area contributed by atoms with E-state index in [2.05, 4.69) is 15.4 Å². The number of rotatable bonds is 11. The Morgan fingerprint density at radius 1 is 0.750 bits per heavy atom. The summed E-state index contributed by atoms with van der Waals surface area (Å²) in [5.41, 5.74) is 1.27. The smallest absolute Gasteiger partial charge is 0.261 e. The number of nitrogens with one attached hydrogen (secondary N) is 3. The molecule has 0 aromatic heterocycles. The lowest BCUT2D eigenvalue weighted by molar-refractivity contribution is 0.0977. The number of anilines is 2. The molecule has 0 atom stereocenters. The summed E-state index contributed by atoms with van der Waals surface area (Å²) >= 11 is 5.26. The number of carbonyl (C=O) groups is 1. The van der Waals surface area contributed by atoms with Gasteiger partial charge in [0.1, 0.15) is 30.5 Å². The van der Waals surface area contributed by atoms with Crippen molar-refractivity contribution in [3.05, 3.63) is 109 Å². The fraction of sp³-hybridized carbons (Fsp3) is 0.103. The van der Waals surface area contributed by atoms with Gasteiger partial charge in [0.25, 0.3) is 15.9 Å². The Morgan fingerprint density at radius 2 is 1.38 bits per heavy atom. The van der Waals surface area contributed by atoms with Crippen LogP contribution in [0.15, 0.2) is 108 Å². The molecule has 0 saturated heterocycles. The van der Waals surface area contributed by atoms with Gasteiger partial charge in [0, 0.05) is 16.9 Å². The van der Waals surface area contributed by atoms with E-state index in [4.69, 9.17) is 26.4 Å². The van der Waals surface area contributed by atoms with E-state index in [1.54, 1.807) is 60.7 Å². The van der Waals surface area contributed by atoms with Crippen LogP contribution in [-0.2, 0) is 10.0 Å².